The largest absolute Gasteiger partial charge is 0.478 e. The van der Waals surface area contributed by atoms with Crippen molar-refractivity contribution in [2.45, 2.75) is 13.8 Å². The van der Waals surface area contributed by atoms with E-state index in [0.717, 1.165) is 16.7 Å². The van der Waals surface area contributed by atoms with Crippen LogP contribution in [0.4, 0.5) is 0 Å². The third kappa shape index (κ3) is 3.74. The topological polar surface area (TPSA) is 54.4 Å². The van der Waals surface area contributed by atoms with E-state index in [1.807, 2.05) is 24.4 Å². The summed E-state index contributed by atoms with van der Waals surface area (Å²) in [6.45, 7) is 4.04. The summed E-state index contributed by atoms with van der Waals surface area (Å²) in [7, 11) is 0. The molecule has 2 aromatic carbocycles. The zero-order chi connectivity index (χ0) is 18.7. The zero-order valence-electron chi connectivity index (χ0n) is 14.4. The molecule has 3 aromatic rings. The van der Waals surface area contributed by atoms with Crippen LogP contribution in [-0.4, -0.2) is 16.9 Å². The van der Waals surface area contributed by atoms with Crippen molar-refractivity contribution in [3.63, 3.8) is 0 Å². The molecule has 4 heteroatoms. The third-order valence-electron chi connectivity index (χ3n) is 4.06. The normalized spacial score (nSPS) is 10.1. The van der Waals surface area contributed by atoms with Crippen molar-refractivity contribution in [1.82, 2.24) is 0 Å². The van der Waals surface area contributed by atoms with Crippen molar-refractivity contribution >= 4 is 23.1 Å². The van der Waals surface area contributed by atoms with E-state index in [0.29, 0.717) is 5.56 Å². The maximum absolute atomic E-state index is 12.3. The number of ketones is 1. The number of hydrogen-bond donors (Lipinski definition) is 1. The first-order valence-electron chi connectivity index (χ1n) is 8.00. The first-order chi connectivity index (χ1) is 12.5. The highest BCUT2D eigenvalue weighted by atomic mass is 32.1. The van der Waals surface area contributed by atoms with Gasteiger partial charge in [0, 0.05) is 16.0 Å². The smallest absolute Gasteiger partial charge is 0.335 e. The summed E-state index contributed by atoms with van der Waals surface area (Å²) < 4.78 is 0. The van der Waals surface area contributed by atoms with Gasteiger partial charge in [-0.2, -0.15) is 0 Å². The molecule has 0 spiro atoms. The number of benzene rings is 2. The Morgan fingerprint density at radius 2 is 1.65 bits per heavy atom. The fourth-order valence-electron chi connectivity index (χ4n) is 2.64. The molecule has 0 amide bonds. The molecule has 0 saturated heterocycles. The van der Waals surface area contributed by atoms with Gasteiger partial charge in [0.15, 0.2) is 0 Å². The zero-order valence-corrected chi connectivity index (χ0v) is 15.2. The molecule has 3 rings (SSSR count). The number of carbonyl (C=O) groups is 2. The van der Waals surface area contributed by atoms with Crippen LogP contribution in [0.15, 0.2) is 53.9 Å². The molecule has 1 heterocycles. The lowest BCUT2D eigenvalue weighted by atomic mass is 9.99. The lowest BCUT2D eigenvalue weighted by molar-refractivity contribution is 0.0696. The summed E-state index contributed by atoms with van der Waals surface area (Å²) in [6, 6.07) is 13.9. The number of carboxylic acids is 1. The number of carboxylic acid groups (broad SMARTS) is 1. The van der Waals surface area contributed by atoms with Crippen molar-refractivity contribution in [1.29, 1.82) is 0 Å². The lowest BCUT2D eigenvalue weighted by Gasteiger charge is -2.07. The average Bonchev–Trinajstić information content (AvgIpc) is 3.15. The molecular formula is C22H16O3S. The van der Waals surface area contributed by atoms with Gasteiger partial charge >= 0.3 is 5.97 Å². The second-order valence-electron chi connectivity index (χ2n) is 5.92. The molecule has 0 aliphatic carbocycles. The second-order valence-corrected chi connectivity index (χ2v) is 6.87. The van der Waals surface area contributed by atoms with Gasteiger partial charge in [-0.25, -0.2) is 4.79 Å². The van der Waals surface area contributed by atoms with E-state index in [1.54, 1.807) is 11.3 Å². The summed E-state index contributed by atoms with van der Waals surface area (Å²) >= 11 is 1.67. The first kappa shape index (κ1) is 17.7. The van der Waals surface area contributed by atoms with Crippen LogP contribution in [0.1, 0.15) is 37.4 Å². The molecule has 0 unspecified atom stereocenters. The van der Waals surface area contributed by atoms with Crippen molar-refractivity contribution in [3.8, 4) is 22.3 Å². The Morgan fingerprint density at radius 3 is 2.27 bits per heavy atom. The molecule has 0 bridgehead atoms. The molecule has 0 saturated carbocycles. The van der Waals surface area contributed by atoms with Crippen LogP contribution in [0.5, 0.6) is 0 Å². The minimum absolute atomic E-state index is 0.143. The van der Waals surface area contributed by atoms with Crippen molar-refractivity contribution in [3.05, 3.63) is 81.7 Å². The summed E-state index contributed by atoms with van der Waals surface area (Å²) in [5.74, 6) is 4.28. The highest BCUT2D eigenvalue weighted by Gasteiger charge is 2.08. The van der Waals surface area contributed by atoms with Gasteiger partial charge in [0.25, 0.3) is 0 Å². The van der Waals surface area contributed by atoms with Crippen LogP contribution in [0.2, 0.25) is 0 Å². The molecule has 0 radical (unpaired) electrons. The van der Waals surface area contributed by atoms with E-state index in [-0.39, 0.29) is 11.3 Å². The van der Waals surface area contributed by atoms with Crippen LogP contribution in [0, 0.1) is 25.7 Å². The van der Waals surface area contributed by atoms with Gasteiger partial charge in [0.2, 0.25) is 5.78 Å². The van der Waals surface area contributed by atoms with Crippen LogP contribution in [-0.2, 0) is 0 Å². The monoisotopic (exact) mass is 360 g/mol. The fourth-order valence-corrected chi connectivity index (χ4v) is 3.45. The van der Waals surface area contributed by atoms with Gasteiger partial charge in [-0.15, -0.1) is 11.3 Å². The molecule has 1 N–H and O–H groups in total. The SMILES string of the molecule is Cc1cc(C)c(-c2cccs2)cc1C#CC(=O)c1ccc(C(=O)O)cc1. The molecule has 128 valence electrons. The summed E-state index contributed by atoms with van der Waals surface area (Å²) in [5, 5.41) is 10.9. The Labute approximate surface area is 155 Å². The number of aryl methyl sites for hydroxylation is 2. The van der Waals surface area contributed by atoms with Crippen LogP contribution >= 0.6 is 11.3 Å². The van der Waals surface area contributed by atoms with Crippen molar-refractivity contribution < 1.29 is 14.7 Å². The maximum Gasteiger partial charge on any atom is 0.335 e. The van der Waals surface area contributed by atoms with Gasteiger partial charge < -0.3 is 5.11 Å². The van der Waals surface area contributed by atoms with Crippen molar-refractivity contribution in [2.24, 2.45) is 0 Å². The Bertz CT molecular complexity index is 1030. The fraction of sp³-hybridized carbons (Fsp3) is 0.0909. The minimum Gasteiger partial charge on any atom is -0.478 e. The Hall–Kier alpha value is -3.16. The maximum atomic E-state index is 12.3. The summed E-state index contributed by atoms with van der Waals surface area (Å²) in [6.07, 6.45) is 0. The predicted octanol–water partition coefficient (Wildman–Crippen LogP) is 4.96. The highest BCUT2D eigenvalue weighted by molar-refractivity contribution is 7.13. The molecule has 1 aromatic heterocycles. The molecule has 0 atom stereocenters. The number of carbonyl (C=O) groups excluding carboxylic acids is 1. The minimum atomic E-state index is -1.02. The number of aromatic carboxylic acids is 1. The molecule has 0 aliphatic rings. The summed E-state index contributed by atoms with van der Waals surface area (Å²) in [5.41, 5.74) is 4.65. The van der Waals surface area contributed by atoms with Crippen LogP contribution in [0.25, 0.3) is 10.4 Å². The number of rotatable bonds is 3. The third-order valence-corrected chi connectivity index (χ3v) is 4.97. The van der Waals surface area contributed by atoms with E-state index in [9.17, 15) is 9.59 Å². The van der Waals surface area contributed by atoms with Gasteiger partial charge in [-0.05, 0) is 78.2 Å². The number of thiophene rings is 1. The van der Waals surface area contributed by atoms with Gasteiger partial charge in [-0.1, -0.05) is 18.1 Å². The average molecular weight is 360 g/mol. The Morgan fingerprint density at radius 1 is 0.962 bits per heavy atom. The van der Waals surface area contributed by atoms with Gasteiger partial charge in [0.05, 0.1) is 5.56 Å². The standard InChI is InChI=1S/C22H16O3S/c1-14-12-15(2)19(21-4-3-11-26-21)13-18(14)9-10-20(23)16-5-7-17(8-6-16)22(24)25/h3-8,11-13H,1-2H3,(H,24,25). The van der Waals surface area contributed by atoms with E-state index in [2.05, 4.69) is 30.9 Å². The molecule has 0 fully saturated rings. The van der Waals surface area contributed by atoms with E-state index < -0.39 is 5.97 Å². The Balaban J connectivity index is 1.91. The van der Waals surface area contributed by atoms with E-state index in [4.69, 9.17) is 5.11 Å². The van der Waals surface area contributed by atoms with Gasteiger partial charge in [0.1, 0.15) is 0 Å². The first-order valence-corrected chi connectivity index (χ1v) is 8.88. The summed E-state index contributed by atoms with van der Waals surface area (Å²) in [4.78, 5) is 24.3. The molecule has 26 heavy (non-hydrogen) atoms. The van der Waals surface area contributed by atoms with Gasteiger partial charge in [-0.3, -0.25) is 4.79 Å². The van der Waals surface area contributed by atoms with Crippen LogP contribution < -0.4 is 0 Å². The van der Waals surface area contributed by atoms with Crippen molar-refractivity contribution in [2.75, 3.05) is 0 Å². The Kier molecular flexibility index (Phi) is 5.01. The van der Waals surface area contributed by atoms with Crippen LogP contribution in [0.3, 0.4) is 0 Å². The quantitative estimate of drug-likeness (QED) is 0.530. The molecule has 0 aliphatic heterocycles. The van der Waals surface area contributed by atoms with E-state index >= 15 is 0 Å². The second kappa shape index (κ2) is 7.38. The molecule has 3 nitrogen and oxygen atoms in total. The molecular weight excluding hydrogens is 344 g/mol. The number of Topliss-reactive ketones (excluding diaryl/α,β-unsaturated/α-hetero) is 1. The highest BCUT2D eigenvalue weighted by Crippen LogP contribution is 2.29. The lowest BCUT2D eigenvalue weighted by Crippen LogP contribution is -1.99. The predicted molar refractivity (Wildman–Crippen MR) is 104 cm³/mol. The number of hydrogen-bond acceptors (Lipinski definition) is 3. The van der Waals surface area contributed by atoms with E-state index in [1.165, 1.54) is 34.7 Å².